The smallest absolute Gasteiger partial charge is 0.172 e. The highest BCUT2D eigenvalue weighted by Crippen LogP contribution is 2.30. The quantitative estimate of drug-likeness (QED) is 0.910. The highest BCUT2D eigenvalue weighted by Gasteiger charge is 2.25. The van der Waals surface area contributed by atoms with E-state index in [4.69, 9.17) is 9.97 Å². The fraction of sp³-hybridized carbons (Fsp3) is 0.500. The van der Waals surface area contributed by atoms with Crippen molar-refractivity contribution in [2.45, 2.75) is 25.3 Å². The van der Waals surface area contributed by atoms with Crippen molar-refractivity contribution in [3.63, 3.8) is 0 Å². The van der Waals surface area contributed by atoms with Crippen LogP contribution in [0.5, 0.6) is 0 Å². The molecule has 0 unspecified atom stereocenters. The summed E-state index contributed by atoms with van der Waals surface area (Å²) in [6.07, 6.45) is 3.64. The molecule has 1 saturated heterocycles. The Hall–Kier alpha value is -1.59. The molecule has 4 rings (SSSR count). The van der Waals surface area contributed by atoms with Crippen LogP contribution in [0, 0.1) is 0 Å². The van der Waals surface area contributed by atoms with Crippen LogP contribution in [-0.4, -0.2) is 42.2 Å². The van der Waals surface area contributed by atoms with E-state index in [-0.39, 0.29) is 12.4 Å². The molecule has 0 atom stereocenters. The van der Waals surface area contributed by atoms with Gasteiger partial charge in [-0.1, -0.05) is 12.1 Å². The second-order valence-electron chi connectivity index (χ2n) is 5.89. The zero-order chi connectivity index (χ0) is 14.1. The lowest BCUT2D eigenvalue weighted by Gasteiger charge is -2.24. The Bertz CT molecular complexity index is 635. The number of para-hydroxylation sites is 2. The topological polar surface area (TPSA) is 53.1 Å². The van der Waals surface area contributed by atoms with Crippen LogP contribution < -0.4 is 15.5 Å². The summed E-state index contributed by atoms with van der Waals surface area (Å²) >= 11 is 0. The standard InChI is InChI=1S/C16H21N5.ClH/c1-2-5-14-13(4-1)19-15(18-12-6-7-12)16(20-14)21-10-3-8-17-9-11-21;/h1-2,4-5,12,17H,3,6-11H2,(H,18,19);1H. The van der Waals surface area contributed by atoms with Gasteiger partial charge < -0.3 is 15.5 Å². The summed E-state index contributed by atoms with van der Waals surface area (Å²) in [6, 6.07) is 8.72. The van der Waals surface area contributed by atoms with E-state index in [1.165, 1.54) is 12.8 Å². The first-order valence-corrected chi connectivity index (χ1v) is 7.89. The van der Waals surface area contributed by atoms with Gasteiger partial charge in [-0.3, -0.25) is 0 Å². The van der Waals surface area contributed by atoms with Crippen LogP contribution in [-0.2, 0) is 0 Å². The molecule has 5 nitrogen and oxygen atoms in total. The van der Waals surface area contributed by atoms with Gasteiger partial charge in [-0.2, -0.15) is 0 Å². The van der Waals surface area contributed by atoms with Crippen molar-refractivity contribution in [2.75, 3.05) is 36.4 Å². The number of aromatic nitrogens is 2. The molecule has 1 aliphatic carbocycles. The van der Waals surface area contributed by atoms with E-state index >= 15 is 0 Å². The van der Waals surface area contributed by atoms with E-state index in [0.717, 1.165) is 55.3 Å². The molecule has 0 spiro atoms. The first-order chi connectivity index (χ1) is 10.4. The predicted molar refractivity (Wildman–Crippen MR) is 93.1 cm³/mol. The predicted octanol–water partition coefficient (Wildman–Crippen LogP) is 2.43. The van der Waals surface area contributed by atoms with Crippen molar-refractivity contribution < 1.29 is 0 Å². The molecule has 2 N–H and O–H groups in total. The van der Waals surface area contributed by atoms with Crippen LogP contribution in [0.25, 0.3) is 11.0 Å². The van der Waals surface area contributed by atoms with Crippen LogP contribution in [0.2, 0.25) is 0 Å². The highest BCUT2D eigenvalue weighted by atomic mass is 35.5. The molecular weight excluding hydrogens is 298 g/mol. The van der Waals surface area contributed by atoms with Crippen molar-refractivity contribution >= 4 is 35.1 Å². The molecule has 0 radical (unpaired) electrons. The maximum Gasteiger partial charge on any atom is 0.172 e. The minimum atomic E-state index is 0. The minimum absolute atomic E-state index is 0. The van der Waals surface area contributed by atoms with E-state index in [9.17, 15) is 0 Å². The average Bonchev–Trinajstić information content (AvgIpc) is 3.33. The van der Waals surface area contributed by atoms with Gasteiger partial charge in [-0.25, -0.2) is 9.97 Å². The van der Waals surface area contributed by atoms with Gasteiger partial charge in [-0.15, -0.1) is 12.4 Å². The Kier molecular flexibility index (Phi) is 4.64. The van der Waals surface area contributed by atoms with Crippen LogP contribution in [0.1, 0.15) is 19.3 Å². The Morgan fingerprint density at radius 3 is 2.59 bits per heavy atom. The van der Waals surface area contributed by atoms with E-state index < -0.39 is 0 Å². The van der Waals surface area contributed by atoms with Gasteiger partial charge in [0.25, 0.3) is 0 Å². The van der Waals surface area contributed by atoms with Crippen molar-refractivity contribution in [1.29, 1.82) is 0 Å². The monoisotopic (exact) mass is 319 g/mol. The Balaban J connectivity index is 0.00000144. The SMILES string of the molecule is Cl.c1ccc2nc(N3CCCNCC3)c(NC3CC3)nc2c1. The Morgan fingerprint density at radius 2 is 1.82 bits per heavy atom. The molecule has 2 aromatic rings. The van der Waals surface area contributed by atoms with Gasteiger partial charge in [0.2, 0.25) is 0 Å². The molecule has 2 aliphatic rings. The summed E-state index contributed by atoms with van der Waals surface area (Å²) in [7, 11) is 0. The van der Waals surface area contributed by atoms with E-state index in [1.54, 1.807) is 0 Å². The lowest BCUT2D eigenvalue weighted by atomic mass is 10.3. The van der Waals surface area contributed by atoms with Crippen molar-refractivity contribution in [3.8, 4) is 0 Å². The van der Waals surface area contributed by atoms with Gasteiger partial charge in [0.05, 0.1) is 11.0 Å². The summed E-state index contributed by atoms with van der Waals surface area (Å²) < 4.78 is 0. The molecule has 1 aromatic carbocycles. The van der Waals surface area contributed by atoms with Crippen LogP contribution in [0.3, 0.4) is 0 Å². The molecular formula is C16H22ClN5. The Labute approximate surface area is 136 Å². The second-order valence-corrected chi connectivity index (χ2v) is 5.89. The number of halogens is 1. The van der Waals surface area contributed by atoms with Crippen molar-refractivity contribution in [2.24, 2.45) is 0 Å². The summed E-state index contributed by atoms with van der Waals surface area (Å²) in [5.41, 5.74) is 1.95. The van der Waals surface area contributed by atoms with Crippen molar-refractivity contribution in [3.05, 3.63) is 24.3 Å². The Morgan fingerprint density at radius 1 is 1.05 bits per heavy atom. The van der Waals surface area contributed by atoms with E-state index in [2.05, 4.69) is 15.5 Å². The maximum atomic E-state index is 4.89. The van der Waals surface area contributed by atoms with Gasteiger partial charge in [0, 0.05) is 25.7 Å². The molecule has 0 amide bonds. The molecule has 1 aliphatic heterocycles. The molecule has 22 heavy (non-hydrogen) atoms. The fourth-order valence-electron chi connectivity index (χ4n) is 2.79. The first-order valence-electron chi connectivity index (χ1n) is 7.89. The van der Waals surface area contributed by atoms with Gasteiger partial charge in [0.15, 0.2) is 11.6 Å². The maximum absolute atomic E-state index is 4.89. The lowest BCUT2D eigenvalue weighted by molar-refractivity contribution is 0.724. The number of nitrogens with one attached hydrogen (secondary N) is 2. The first kappa shape index (κ1) is 15.3. The number of hydrogen-bond donors (Lipinski definition) is 2. The fourth-order valence-corrected chi connectivity index (χ4v) is 2.79. The molecule has 1 saturated carbocycles. The summed E-state index contributed by atoms with van der Waals surface area (Å²) in [6.45, 7) is 4.13. The van der Waals surface area contributed by atoms with Crippen molar-refractivity contribution in [1.82, 2.24) is 15.3 Å². The largest absolute Gasteiger partial charge is 0.364 e. The third-order valence-corrected chi connectivity index (χ3v) is 4.11. The number of nitrogens with zero attached hydrogens (tertiary/aromatic N) is 3. The van der Waals surface area contributed by atoms with E-state index in [1.807, 2.05) is 24.3 Å². The summed E-state index contributed by atoms with van der Waals surface area (Å²) in [5.74, 6) is 1.97. The molecule has 0 bridgehead atoms. The zero-order valence-corrected chi connectivity index (χ0v) is 13.4. The zero-order valence-electron chi connectivity index (χ0n) is 12.6. The molecule has 1 aromatic heterocycles. The number of hydrogen-bond acceptors (Lipinski definition) is 5. The van der Waals surface area contributed by atoms with Crippen LogP contribution in [0.15, 0.2) is 24.3 Å². The van der Waals surface area contributed by atoms with Crippen LogP contribution >= 0.6 is 12.4 Å². The number of anilines is 2. The number of benzene rings is 1. The second kappa shape index (κ2) is 6.67. The van der Waals surface area contributed by atoms with Gasteiger partial charge in [-0.05, 0) is 37.9 Å². The minimum Gasteiger partial charge on any atom is -0.364 e. The highest BCUT2D eigenvalue weighted by molar-refractivity contribution is 5.85. The number of fused-ring (bicyclic) bond motifs is 1. The van der Waals surface area contributed by atoms with Gasteiger partial charge in [0.1, 0.15) is 0 Å². The summed E-state index contributed by atoms with van der Waals surface area (Å²) in [5, 5.41) is 7.01. The molecule has 2 heterocycles. The van der Waals surface area contributed by atoms with Gasteiger partial charge >= 0.3 is 0 Å². The van der Waals surface area contributed by atoms with Crippen LogP contribution in [0.4, 0.5) is 11.6 Å². The third kappa shape index (κ3) is 3.25. The summed E-state index contributed by atoms with van der Waals surface area (Å²) in [4.78, 5) is 12.1. The third-order valence-electron chi connectivity index (χ3n) is 4.11. The molecule has 2 fully saturated rings. The molecule has 6 heteroatoms. The average molecular weight is 320 g/mol. The molecule has 118 valence electrons. The normalized spacial score (nSPS) is 18.6. The van der Waals surface area contributed by atoms with E-state index in [0.29, 0.717) is 6.04 Å². The number of rotatable bonds is 3. The lowest BCUT2D eigenvalue weighted by Crippen LogP contribution is -2.30.